The quantitative estimate of drug-likeness (QED) is 0.607. The number of alkyl halides is 1. The second-order valence-electron chi connectivity index (χ2n) is 1.77. The summed E-state index contributed by atoms with van der Waals surface area (Å²) in [6.07, 6.45) is 0.795. The molecule has 0 aromatic carbocycles. The van der Waals surface area contributed by atoms with Crippen LogP contribution in [0.3, 0.4) is 0 Å². The monoisotopic (exact) mass is 129 g/mol. The molecule has 0 aliphatic carbocycles. The third-order valence-corrected chi connectivity index (χ3v) is 1.10. The maximum absolute atomic E-state index is 11.7. The highest BCUT2D eigenvalue weighted by atomic mass is 19.1. The minimum atomic E-state index is -0.562. The van der Waals surface area contributed by atoms with Gasteiger partial charge < -0.3 is 4.52 Å². The van der Waals surface area contributed by atoms with Crippen molar-refractivity contribution >= 4 is 0 Å². The Labute approximate surface area is 52.7 Å². The minimum Gasteiger partial charge on any atom is -0.358 e. The number of rotatable bonds is 2. The predicted molar refractivity (Wildman–Crippen MR) is 30.7 cm³/mol. The fourth-order valence-corrected chi connectivity index (χ4v) is 0.585. The molecular formula is C6H8FNO. The topological polar surface area (TPSA) is 26.0 Å². The van der Waals surface area contributed by atoms with Gasteiger partial charge >= 0.3 is 0 Å². The molecule has 1 aromatic heterocycles. The normalized spacial score (nSPS) is 10.0. The second kappa shape index (κ2) is 2.62. The van der Waals surface area contributed by atoms with E-state index in [-0.39, 0.29) is 0 Å². The molecular weight excluding hydrogens is 121 g/mol. The molecule has 2 nitrogen and oxygen atoms in total. The van der Waals surface area contributed by atoms with Gasteiger partial charge in [-0.15, -0.1) is 0 Å². The van der Waals surface area contributed by atoms with Gasteiger partial charge in [-0.2, -0.15) is 0 Å². The van der Waals surface area contributed by atoms with E-state index in [0.29, 0.717) is 5.76 Å². The van der Waals surface area contributed by atoms with E-state index in [4.69, 9.17) is 0 Å². The zero-order valence-electron chi connectivity index (χ0n) is 5.22. The van der Waals surface area contributed by atoms with Crippen molar-refractivity contribution in [1.82, 2.24) is 5.16 Å². The summed E-state index contributed by atoms with van der Waals surface area (Å²) in [7, 11) is 0. The molecule has 0 amide bonds. The lowest BCUT2D eigenvalue weighted by atomic mass is 10.3. The van der Waals surface area contributed by atoms with Gasteiger partial charge in [-0.1, -0.05) is 12.1 Å². The molecule has 50 valence electrons. The first-order valence-electron chi connectivity index (χ1n) is 2.87. The van der Waals surface area contributed by atoms with Gasteiger partial charge in [0.15, 0.2) is 5.76 Å². The first kappa shape index (κ1) is 6.26. The van der Waals surface area contributed by atoms with Crippen LogP contribution in [0.2, 0.25) is 0 Å². The van der Waals surface area contributed by atoms with E-state index in [1.165, 1.54) is 0 Å². The highest BCUT2D eigenvalue weighted by molar-refractivity contribution is 5.03. The van der Waals surface area contributed by atoms with Crippen LogP contribution in [0.5, 0.6) is 0 Å². The molecule has 0 aliphatic rings. The van der Waals surface area contributed by atoms with E-state index in [9.17, 15) is 4.39 Å². The number of hydrogen-bond donors (Lipinski definition) is 0. The van der Waals surface area contributed by atoms with Crippen LogP contribution in [0.4, 0.5) is 4.39 Å². The average Bonchev–Trinajstić information content (AvgIpc) is 2.34. The summed E-state index contributed by atoms with van der Waals surface area (Å²) in [5.74, 6) is 0.312. The molecule has 0 saturated heterocycles. The summed E-state index contributed by atoms with van der Waals surface area (Å²) in [5, 5.41) is 3.59. The van der Waals surface area contributed by atoms with E-state index in [2.05, 4.69) is 9.68 Å². The number of aromatic nitrogens is 1. The maximum Gasteiger partial charge on any atom is 0.167 e. The highest BCUT2D eigenvalue weighted by Gasteiger charge is 1.99. The lowest BCUT2D eigenvalue weighted by molar-refractivity contribution is 0.327. The van der Waals surface area contributed by atoms with E-state index in [1.807, 2.05) is 6.92 Å². The average molecular weight is 129 g/mol. The van der Waals surface area contributed by atoms with Gasteiger partial charge in [0, 0.05) is 6.07 Å². The van der Waals surface area contributed by atoms with Crippen LogP contribution in [-0.4, -0.2) is 5.16 Å². The zero-order chi connectivity index (χ0) is 6.69. The summed E-state index contributed by atoms with van der Waals surface area (Å²) >= 11 is 0. The molecule has 0 fully saturated rings. The SMILES string of the molecule is CCc1cc(CF)on1. The van der Waals surface area contributed by atoms with Crippen LogP contribution in [0.25, 0.3) is 0 Å². The summed E-state index contributed by atoms with van der Waals surface area (Å²) in [5.41, 5.74) is 0.808. The van der Waals surface area contributed by atoms with Crippen molar-refractivity contribution in [3.63, 3.8) is 0 Å². The fraction of sp³-hybridized carbons (Fsp3) is 0.500. The molecule has 1 heterocycles. The number of halogens is 1. The van der Waals surface area contributed by atoms with Crippen LogP contribution in [0.1, 0.15) is 18.4 Å². The molecule has 9 heavy (non-hydrogen) atoms. The van der Waals surface area contributed by atoms with Gasteiger partial charge in [0.2, 0.25) is 0 Å². The van der Waals surface area contributed by atoms with Gasteiger partial charge in [-0.3, -0.25) is 0 Å². The molecule has 0 atom stereocenters. The molecule has 0 bridgehead atoms. The van der Waals surface area contributed by atoms with Gasteiger partial charge in [-0.05, 0) is 6.42 Å². The summed E-state index contributed by atoms with van der Waals surface area (Å²) in [4.78, 5) is 0. The number of aryl methyl sites for hydroxylation is 1. The van der Waals surface area contributed by atoms with E-state index in [0.717, 1.165) is 12.1 Å². The van der Waals surface area contributed by atoms with Gasteiger partial charge in [0.25, 0.3) is 0 Å². The van der Waals surface area contributed by atoms with Crippen LogP contribution >= 0.6 is 0 Å². The van der Waals surface area contributed by atoms with Crippen molar-refractivity contribution in [3.05, 3.63) is 17.5 Å². The Hall–Kier alpha value is -0.860. The zero-order valence-corrected chi connectivity index (χ0v) is 5.22. The summed E-state index contributed by atoms with van der Waals surface area (Å²) < 4.78 is 16.3. The van der Waals surface area contributed by atoms with Crippen molar-refractivity contribution in [3.8, 4) is 0 Å². The lowest BCUT2D eigenvalue weighted by Crippen LogP contribution is -1.74. The van der Waals surface area contributed by atoms with Crippen LogP contribution < -0.4 is 0 Å². The van der Waals surface area contributed by atoms with Gasteiger partial charge in [0.1, 0.15) is 6.67 Å². The highest BCUT2D eigenvalue weighted by Crippen LogP contribution is 2.04. The minimum absolute atomic E-state index is 0.312. The van der Waals surface area contributed by atoms with Gasteiger partial charge in [0.05, 0.1) is 5.69 Å². The Kier molecular flexibility index (Phi) is 1.82. The third-order valence-electron chi connectivity index (χ3n) is 1.10. The molecule has 0 N–H and O–H groups in total. The van der Waals surface area contributed by atoms with Crippen molar-refractivity contribution in [2.45, 2.75) is 20.0 Å². The lowest BCUT2D eigenvalue weighted by Gasteiger charge is -1.75. The molecule has 0 saturated carbocycles. The van der Waals surface area contributed by atoms with E-state index in [1.54, 1.807) is 6.07 Å². The van der Waals surface area contributed by atoms with Crippen LogP contribution in [0.15, 0.2) is 10.6 Å². The third kappa shape index (κ3) is 1.28. The molecule has 0 spiro atoms. The largest absolute Gasteiger partial charge is 0.358 e. The van der Waals surface area contributed by atoms with Crippen LogP contribution in [0, 0.1) is 0 Å². The molecule has 1 rings (SSSR count). The van der Waals surface area contributed by atoms with Crippen molar-refractivity contribution in [1.29, 1.82) is 0 Å². The second-order valence-corrected chi connectivity index (χ2v) is 1.77. The molecule has 0 unspecified atom stereocenters. The smallest absolute Gasteiger partial charge is 0.167 e. The molecule has 3 heteroatoms. The Morgan fingerprint density at radius 1 is 1.78 bits per heavy atom. The summed E-state index contributed by atoms with van der Waals surface area (Å²) in [6.45, 7) is 1.38. The number of nitrogens with zero attached hydrogens (tertiary/aromatic N) is 1. The van der Waals surface area contributed by atoms with Crippen LogP contribution in [-0.2, 0) is 13.1 Å². The Balaban J connectivity index is 2.74. The summed E-state index contributed by atoms with van der Waals surface area (Å²) in [6, 6.07) is 1.62. The first-order chi connectivity index (χ1) is 4.36. The van der Waals surface area contributed by atoms with Crippen molar-refractivity contribution in [2.24, 2.45) is 0 Å². The number of hydrogen-bond acceptors (Lipinski definition) is 2. The maximum atomic E-state index is 11.7. The van der Waals surface area contributed by atoms with E-state index >= 15 is 0 Å². The fourth-order valence-electron chi connectivity index (χ4n) is 0.585. The van der Waals surface area contributed by atoms with E-state index < -0.39 is 6.67 Å². The standard InChI is InChI=1S/C6H8FNO/c1-2-5-3-6(4-7)9-8-5/h3H,2,4H2,1H3. The Bertz CT molecular complexity index is 166. The Morgan fingerprint density at radius 3 is 2.89 bits per heavy atom. The van der Waals surface area contributed by atoms with Crippen molar-refractivity contribution < 1.29 is 8.91 Å². The molecule has 1 aromatic rings. The molecule has 0 aliphatic heterocycles. The Morgan fingerprint density at radius 2 is 2.56 bits per heavy atom. The van der Waals surface area contributed by atoms with Crippen molar-refractivity contribution in [2.75, 3.05) is 0 Å². The predicted octanol–water partition coefficient (Wildman–Crippen LogP) is 1.71. The first-order valence-corrected chi connectivity index (χ1v) is 2.87. The molecule has 0 radical (unpaired) electrons. The van der Waals surface area contributed by atoms with Gasteiger partial charge in [-0.25, -0.2) is 4.39 Å².